The van der Waals surface area contributed by atoms with Gasteiger partial charge in [-0.3, -0.25) is 0 Å². The Morgan fingerprint density at radius 1 is 0.643 bits per heavy atom. The van der Waals surface area contributed by atoms with E-state index in [9.17, 15) is 24.0 Å². The summed E-state index contributed by atoms with van der Waals surface area (Å²) in [5, 5.41) is 2.97. The van der Waals surface area contributed by atoms with E-state index in [1.165, 1.54) is 11.8 Å². The molecule has 12 nitrogen and oxygen atoms in total. The molecule has 0 unspecified atom stereocenters. The minimum Gasteiger partial charge on any atom is -0.461 e. The number of rotatable bonds is 20. The fourth-order valence-electron chi connectivity index (χ4n) is 2.84. The molecule has 0 fully saturated rings. The molecule has 0 spiro atoms. The van der Waals surface area contributed by atoms with Crippen LogP contribution in [0.2, 0.25) is 0 Å². The van der Waals surface area contributed by atoms with Crippen molar-refractivity contribution in [3.63, 3.8) is 0 Å². The second-order valence-corrected chi connectivity index (χ2v) is 10.4. The zero-order valence-corrected chi connectivity index (χ0v) is 25.6. The molecule has 0 atom stereocenters. The molecule has 0 rings (SSSR count). The van der Waals surface area contributed by atoms with Crippen molar-refractivity contribution in [3.8, 4) is 0 Å². The molecule has 12 heteroatoms. The lowest BCUT2D eigenvalue weighted by Crippen LogP contribution is -2.41. The van der Waals surface area contributed by atoms with Crippen molar-refractivity contribution in [1.82, 2.24) is 10.2 Å². The quantitative estimate of drug-likeness (QED) is 0.0957. The second-order valence-electron chi connectivity index (χ2n) is 10.4. The predicted octanol–water partition coefficient (Wildman–Crippen LogP) is 3.42. The number of carbonyl (C=O) groups is 5. The maximum atomic E-state index is 12.5. The van der Waals surface area contributed by atoms with Gasteiger partial charge >= 0.3 is 30.0 Å². The summed E-state index contributed by atoms with van der Waals surface area (Å²) in [4.78, 5) is 61.1. The van der Waals surface area contributed by atoms with Crippen molar-refractivity contribution in [1.29, 1.82) is 0 Å². The summed E-state index contributed by atoms with van der Waals surface area (Å²) in [6.07, 6.45) is 0.341. The summed E-state index contributed by atoms with van der Waals surface area (Å²) >= 11 is 0. The first kappa shape index (κ1) is 38.1. The van der Waals surface area contributed by atoms with E-state index in [4.69, 9.17) is 23.7 Å². The molecule has 0 radical (unpaired) electrons. The van der Waals surface area contributed by atoms with Gasteiger partial charge in [0.15, 0.2) is 0 Å². The van der Waals surface area contributed by atoms with Crippen LogP contribution in [0.5, 0.6) is 0 Å². The van der Waals surface area contributed by atoms with Crippen LogP contribution in [0.1, 0.15) is 53.9 Å². The number of esters is 4. The van der Waals surface area contributed by atoms with Gasteiger partial charge in [-0.05, 0) is 53.9 Å². The largest absolute Gasteiger partial charge is 0.461 e. The van der Waals surface area contributed by atoms with Crippen LogP contribution in [-0.2, 0) is 42.9 Å². The Morgan fingerprint density at radius 3 is 1.43 bits per heavy atom. The van der Waals surface area contributed by atoms with Crippen LogP contribution in [0.15, 0.2) is 48.6 Å². The number of amides is 1. The second kappa shape index (κ2) is 20.0. The molecular formula is C30H46N2O10. The minimum absolute atomic E-state index is 0.00962. The Balaban J connectivity index is 4.37. The molecule has 0 saturated heterocycles. The minimum atomic E-state index is -0.745. The maximum absolute atomic E-state index is 12.5. The van der Waals surface area contributed by atoms with E-state index in [-0.39, 0.29) is 62.7 Å². The average molecular weight is 595 g/mol. The first-order chi connectivity index (χ1) is 19.5. The zero-order valence-electron chi connectivity index (χ0n) is 25.6. The molecule has 0 aromatic rings. The lowest BCUT2D eigenvalue weighted by molar-refractivity contribution is -0.140. The van der Waals surface area contributed by atoms with Crippen molar-refractivity contribution >= 4 is 30.0 Å². The summed E-state index contributed by atoms with van der Waals surface area (Å²) in [7, 11) is 0. The summed E-state index contributed by atoms with van der Waals surface area (Å²) in [6, 6.07) is 0. The number of ether oxygens (including phenoxy) is 5. The van der Waals surface area contributed by atoms with Crippen LogP contribution in [0.3, 0.4) is 0 Å². The smallest absolute Gasteiger partial charge is 0.410 e. The third kappa shape index (κ3) is 18.4. The van der Waals surface area contributed by atoms with Crippen molar-refractivity contribution < 1.29 is 47.7 Å². The highest BCUT2D eigenvalue weighted by Gasteiger charge is 2.23. The normalized spacial score (nSPS) is 10.6. The zero-order chi connectivity index (χ0) is 32.3. The maximum Gasteiger partial charge on any atom is 0.410 e. The molecule has 1 N–H and O–H groups in total. The van der Waals surface area contributed by atoms with Crippen LogP contribution in [0.4, 0.5) is 4.79 Å². The molecule has 1 amide bonds. The summed E-state index contributed by atoms with van der Waals surface area (Å²) in [5.74, 6) is -2.22. The SMILES string of the molecule is C=C(C)C(=O)OCCNCCOC(=O)C(=C)CCCC(=C)C(=O)OCCN(CCOC(=O)C(=C)C)C(=O)OC(C)(C)C. The molecular weight excluding hydrogens is 548 g/mol. The van der Waals surface area contributed by atoms with Crippen molar-refractivity contribution in [2.45, 2.75) is 59.5 Å². The number of hydrogen-bond donors (Lipinski definition) is 1. The lowest BCUT2D eigenvalue weighted by atomic mass is 10.1. The van der Waals surface area contributed by atoms with Gasteiger partial charge in [-0.25, -0.2) is 24.0 Å². The van der Waals surface area contributed by atoms with Crippen LogP contribution in [0, 0.1) is 0 Å². The molecule has 0 aromatic heterocycles. The van der Waals surface area contributed by atoms with E-state index in [1.807, 2.05) is 0 Å². The number of hydrogen-bond acceptors (Lipinski definition) is 11. The van der Waals surface area contributed by atoms with E-state index in [1.54, 1.807) is 27.7 Å². The number of nitrogens with one attached hydrogen (secondary N) is 1. The Kier molecular flexibility index (Phi) is 18.2. The molecule has 0 aliphatic heterocycles. The third-order valence-corrected chi connectivity index (χ3v) is 5.10. The molecule has 0 bridgehead atoms. The summed E-state index contributed by atoms with van der Waals surface area (Å²) in [5.41, 5.74) is 0.266. The van der Waals surface area contributed by atoms with E-state index in [2.05, 4.69) is 31.6 Å². The summed E-state index contributed by atoms with van der Waals surface area (Å²) in [6.45, 7) is 23.6. The van der Waals surface area contributed by atoms with Gasteiger partial charge in [0.2, 0.25) is 0 Å². The number of nitrogens with zero attached hydrogens (tertiary/aromatic N) is 1. The van der Waals surface area contributed by atoms with E-state index >= 15 is 0 Å². The Labute approximate surface area is 248 Å². The first-order valence-corrected chi connectivity index (χ1v) is 13.6. The van der Waals surface area contributed by atoms with E-state index in [0.717, 1.165) is 0 Å². The monoisotopic (exact) mass is 594 g/mol. The van der Waals surface area contributed by atoms with Gasteiger partial charge in [-0.1, -0.05) is 26.3 Å². The number of carbonyl (C=O) groups excluding carboxylic acids is 5. The molecule has 0 aliphatic rings. The standard InChI is InChI=1S/C30H46N2O10/c1-21(2)25(33)38-17-13-31-14-18-39-27(35)23(5)11-10-12-24(6)28(36)41-20-16-32(29(37)42-30(7,8)9)15-19-40-26(34)22(3)4/h31H,1,3,5-6,10-20H2,2,4,7-9H3. The van der Waals surface area contributed by atoms with Crippen molar-refractivity contribution in [3.05, 3.63) is 48.6 Å². The van der Waals surface area contributed by atoms with Gasteiger partial charge in [0, 0.05) is 35.4 Å². The molecule has 0 heterocycles. The first-order valence-electron chi connectivity index (χ1n) is 13.6. The molecule has 0 aromatic carbocycles. The third-order valence-electron chi connectivity index (χ3n) is 5.10. The molecule has 0 aliphatic carbocycles. The topological polar surface area (TPSA) is 147 Å². The van der Waals surface area contributed by atoms with E-state index in [0.29, 0.717) is 31.5 Å². The van der Waals surface area contributed by atoms with Gasteiger partial charge in [0.05, 0.1) is 13.1 Å². The van der Waals surface area contributed by atoms with Crippen LogP contribution in [0.25, 0.3) is 0 Å². The fraction of sp³-hybridized carbons (Fsp3) is 0.567. The van der Waals surface area contributed by atoms with Crippen molar-refractivity contribution in [2.24, 2.45) is 0 Å². The molecule has 42 heavy (non-hydrogen) atoms. The Morgan fingerprint density at radius 2 is 1.02 bits per heavy atom. The van der Waals surface area contributed by atoms with Gasteiger partial charge in [-0.15, -0.1) is 0 Å². The van der Waals surface area contributed by atoms with Crippen LogP contribution in [-0.4, -0.2) is 93.1 Å². The fourth-order valence-corrected chi connectivity index (χ4v) is 2.84. The average Bonchev–Trinajstić information content (AvgIpc) is 2.89. The lowest BCUT2D eigenvalue weighted by Gasteiger charge is -2.27. The highest BCUT2D eigenvalue weighted by atomic mass is 16.6. The van der Waals surface area contributed by atoms with Gasteiger partial charge in [0.25, 0.3) is 0 Å². The van der Waals surface area contributed by atoms with Crippen molar-refractivity contribution in [2.75, 3.05) is 52.6 Å². The van der Waals surface area contributed by atoms with Gasteiger partial charge in [0.1, 0.15) is 32.0 Å². The van der Waals surface area contributed by atoms with Crippen LogP contribution >= 0.6 is 0 Å². The summed E-state index contributed by atoms with van der Waals surface area (Å²) < 4.78 is 25.7. The van der Waals surface area contributed by atoms with Gasteiger partial charge in [-0.2, -0.15) is 0 Å². The molecule has 0 saturated carbocycles. The Bertz CT molecular complexity index is 1010. The predicted molar refractivity (Wildman–Crippen MR) is 156 cm³/mol. The molecule has 236 valence electrons. The van der Waals surface area contributed by atoms with Gasteiger partial charge < -0.3 is 33.9 Å². The Hall–Kier alpha value is -3.93. The highest BCUT2D eigenvalue weighted by Crippen LogP contribution is 2.13. The van der Waals surface area contributed by atoms with Crippen LogP contribution < -0.4 is 5.32 Å². The van der Waals surface area contributed by atoms with E-state index < -0.39 is 35.6 Å². The highest BCUT2D eigenvalue weighted by molar-refractivity contribution is 5.89.